The van der Waals surface area contributed by atoms with Crippen LogP contribution in [0.15, 0.2) is 46.9 Å². The molecule has 0 saturated carbocycles. The van der Waals surface area contributed by atoms with Crippen molar-refractivity contribution in [3.8, 4) is 11.5 Å². The molecule has 0 spiro atoms. The van der Waals surface area contributed by atoms with Gasteiger partial charge in [0.05, 0.1) is 13.2 Å². The largest absolute Gasteiger partial charge is 0.488 e. The van der Waals surface area contributed by atoms with Crippen LogP contribution in [0.1, 0.15) is 66.2 Å². The average molecular weight is 662 g/mol. The highest BCUT2D eigenvalue weighted by atomic mass is 79.9. The summed E-state index contributed by atoms with van der Waals surface area (Å²) in [5, 5.41) is 3.37. The second-order valence-corrected chi connectivity index (χ2v) is 11.3. The number of halogens is 1. The number of hydrogen-bond donors (Lipinski definition) is 0. The molecule has 0 amide bonds. The van der Waals surface area contributed by atoms with Crippen molar-refractivity contribution < 1.29 is 38.0 Å². The summed E-state index contributed by atoms with van der Waals surface area (Å²) in [6.07, 6.45) is 2.72. The summed E-state index contributed by atoms with van der Waals surface area (Å²) in [5.74, 6) is 0.781. The van der Waals surface area contributed by atoms with E-state index in [0.717, 1.165) is 38.9 Å². The van der Waals surface area contributed by atoms with Crippen LogP contribution in [-0.4, -0.2) is 63.8 Å². The maximum atomic E-state index is 12.3. The van der Waals surface area contributed by atoms with E-state index in [0.29, 0.717) is 50.4 Å². The molecule has 0 fully saturated rings. The van der Waals surface area contributed by atoms with Gasteiger partial charge in [0.1, 0.15) is 24.7 Å². The third-order valence-electron chi connectivity index (χ3n) is 6.52. The van der Waals surface area contributed by atoms with Gasteiger partial charge in [-0.2, -0.15) is 0 Å². The van der Waals surface area contributed by atoms with E-state index in [-0.39, 0.29) is 38.4 Å². The number of ether oxygens (including phenoxy) is 6. The number of rotatable bonds is 20. The molecular formula is C34H45BrO8. The molecule has 0 saturated heterocycles. The van der Waals surface area contributed by atoms with Gasteiger partial charge in [0, 0.05) is 52.1 Å². The highest BCUT2D eigenvalue weighted by Gasteiger charge is 2.22. The van der Waals surface area contributed by atoms with Crippen LogP contribution in [0, 0.1) is 0 Å². The molecule has 0 aliphatic carbocycles. The predicted molar refractivity (Wildman–Crippen MR) is 172 cm³/mol. The van der Waals surface area contributed by atoms with E-state index in [1.807, 2.05) is 70.2 Å². The summed E-state index contributed by atoms with van der Waals surface area (Å²) in [4.78, 5) is 24.7. The molecular weight excluding hydrogens is 616 g/mol. The van der Waals surface area contributed by atoms with Crippen molar-refractivity contribution in [3.63, 3.8) is 0 Å². The van der Waals surface area contributed by atoms with Gasteiger partial charge in [-0.3, -0.25) is 9.59 Å². The Balaban J connectivity index is 1.96. The van der Waals surface area contributed by atoms with E-state index in [2.05, 4.69) is 15.9 Å². The second-order valence-electron chi connectivity index (χ2n) is 10.4. The zero-order valence-corrected chi connectivity index (χ0v) is 27.4. The fourth-order valence-electron chi connectivity index (χ4n) is 4.58. The Bertz CT molecular complexity index is 1310. The Morgan fingerprint density at radius 2 is 1.09 bits per heavy atom. The quantitative estimate of drug-likeness (QED) is 0.0689. The van der Waals surface area contributed by atoms with Crippen molar-refractivity contribution in [3.05, 3.63) is 46.9 Å². The fourth-order valence-corrected chi connectivity index (χ4v) is 4.94. The minimum absolute atomic E-state index is 0.134. The number of carbonyl (C=O) groups excluding carboxylic acids is 2. The number of benzene rings is 3. The zero-order valence-electron chi connectivity index (χ0n) is 25.8. The smallest absolute Gasteiger partial charge is 0.306 e. The highest BCUT2D eigenvalue weighted by Crippen LogP contribution is 2.43. The molecule has 0 heterocycles. The van der Waals surface area contributed by atoms with Crippen molar-refractivity contribution in [2.24, 2.45) is 0 Å². The summed E-state index contributed by atoms with van der Waals surface area (Å²) in [6, 6.07) is 13.8. The first kappa shape index (κ1) is 34.6. The molecule has 2 atom stereocenters. The Morgan fingerprint density at radius 1 is 0.628 bits per heavy atom. The van der Waals surface area contributed by atoms with Crippen molar-refractivity contribution in [1.82, 2.24) is 0 Å². The molecule has 2 unspecified atom stereocenters. The van der Waals surface area contributed by atoms with Gasteiger partial charge in [-0.25, -0.2) is 0 Å². The predicted octanol–water partition coefficient (Wildman–Crippen LogP) is 7.79. The minimum atomic E-state index is -0.552. The van der Waals surface area contributed by atoms with E-state index in [9.17, 15) is 9.59 Å². The summed E-state index contributed by atoms with van der Waals surface area (Å²) in [6.45, 7) is 9.87. The average Bonchev–Trinajstić information content (AvgIpc) is 2.98. The van der Waals surface area contributed by atoms with Crippen LogP contribution in [0.3, 0.4) is 0 Å². The molecule has 9 heteroatoms. The molecule has 3 rings (SSSR count). The standard InChI is InChI=1S/C34H45BrO8/c1-5-11-31(36)42-25(20-38-17-7-3)22-40-33-27-13-9-10-14-28(27)34(30-19-24(35)15-16-29(30)33)41-23-26(21-39-18-8-4)43-32(37)12-6-2/h9-10,13-16,19,25-26H,5-8,11-12,17-18,20-23H2,1-4H3. The maximum Gasteiger partial charge on any atom is 0.306 e. The first-order valence-electron chi connectivity index (χ1n) is 15.4. The van der Waals surface area contributed by atoms with E-state index in [1.54, 1.807) is 0 Å². The van der Waals surface area contributed by atoms with Crippen LogP contribution in [0.4, 0.5) is 0 Å². The van der Waals surface area contributed by atoms with Gasteiger partial charge < -0.3 is 28.4 Å². The third kappa shape index (κ3) is 10.7. The highest BCUT2D eigenvalue weighted by molar-refractivity contribution is 9.10. The van der Waals surface area contributed by atoms with Crippen LogP contribution >= 0.6 is 15.9 Å². The number of carbonyl (C=O) groups is 2. The minimum Gasteiger partial charge on any atom is -0.488 e. The second kappa shape index (κ2) is 18.7. The van der Waals surface area contributed by atoms with Crippen molar-refractivity contribution in [2.75, 3.05) is 39.6 Å². The van der Waals surface area contributed by atoms with Gasteiger partial charge in [-0.1, -0.05) is 67.9 Å². The van der Waals surface area contributed by atoms with Gasteiger partial charge >= 0.3 is 11.9 Å². The summed E-state index contributed by atoms with van der Waals surface area (Å²) < 4.78 is 36.7. The number of esters is 2. The monoisotopic (exact) mass is 660 g/mol. The normalized spacial score (nSPS) is 12.7. The molecule has 3 aromatic rings. The van der Waals surface area contributed by atoms with Crippen molar-refractivity contribution in [2.45, 2.75) is 78.4 Å². The van der Waals surface area contributed by atoms with Crippen LogP contribution in [0.25, 0.3) is 21.5 Å². The first-order valence-corrected chi connectivity index (χ1v) is 16.1. The van der Waals surface area contributed by atoms with E-state index in [4.69, 9.17) is 28.4 Å². The summed E-state index contributed by atoms with van der Waals surface area (Å²) in [5.41, 5.74) is 0. The molecule has 0 aliphatic heterocycles. The SMILES string of the molecule is CCCOCC(COc1c2ccccc2c(OCC(COCCC)OC(=O)CCC)c2cc(Br)ccc12)OC(=O)CCC. The lowest BCUT2D eigenvalue weighted by atomic mass is 10.0. The Labute approximate surface area is 263 Å². The fraction of sp³-hybridized carbons (Fsp3) is 0.529. The Kier molecular flexibility index (Phi) is 15.1. The van der Waals surface area contributed by atoms with E-state index < -0.39 is 12.2 Å². The number of fused-ring (bicyclic) bond motifs is 2. The van der Waals surface area contributed by atoms with Gasteiger partial charge in [0.2, 0.25) is 0 Å². The van der Waals surface area contributed by atoms with Crippen LogP contribution in [-0.2, 0) is 28.5 Å². The lowest BCUT2D eigenvalue weighted by molar-refractivity contribution is -0.155. The molecule has 0 aromatic heterocycles. The van der Waals surface area contributed by atoms with Crippen LogP contribution in [0.5, 0.6) is 11.5 Å². The molecule has 3 aromatic carbocycles. The van der Waals surface area contributed by atoms with Gasteiger partial charge in [0.15, 0.2) is 12.2 Å². The Hall–Kier alpha value is -2.88. The molecule has 0 bridgehead atoms. The zero-order chi connectivity index (χ0) is 31.0. The van der Waals surface area contributed by atoms with Gasteiger partial charge in [-0.05, 0) is 43.9 Å². The topological polar surface area (TPSA) is 89.5 Å². The van der Waals surface area contributed by atoms with Crippen molar-refractivity contribution >= 4 is 49.4 Å². The lowest BCUT2D eigenvalue weighted by Gasteiger charge is -2.23. The summed E-state index contributed by atoms with van der Waals surface area (Å²) in [7, 11) is 0. The van der Waals surface area contributed by atoms with E-state index >= 15 is 0 Å². The molecule has 236 valence electrons. The van der Waals surface area contributed by atoms with Crippen LogP contribution < -0.4 is 9.47 Å². The van der Waals surface area contributed by atoms with Crippen LogP contribution in [0.2, 0.25) is 0 Å². The molecule has 0 aliphatic rings. The Morgan fingerprint density at radius 3 is 1.56 bits per heavy atom. The number of hydrogen-bond acceptors (Lipinski definition) is 8. The maximum absolute atomic E-state index is 12.3. The van der Waals surface area contributed by atoms with Gasteiger partial charge in [-0.15, -0.1) is 0 Å². The first-order chi connectivity index (χ1) is 20.9. The van der Waals surface area contributed by atoms with E-state index in [1.165, 1.54) is 0 Å². The third-order valence-corrected chi connectivity index (χ3v) is 7.02. The summed E-state index contributed by atoms with van der Waals surface area (Å²) >= 11 is 3.61. The van der Waals surface area contributed by atoms with Crippen molar-refractivity contribution in [1.29, 1.82) is 0 Å². The molecule has 0 N–H and O–H groups in total. The molecule has 8 nitrogen and oxygen atoms in total. The molecule has 43 heavy (non-hydrogen) atoms. The molecule has 0 radical (unpaired) electrons. The lowest BCUT2D eigenvalue weighted by Crippen LogP contribution is -2.30. The van der Waals surface area contributed by atoms with Gasteiger partial charge in [0.25, 0.3) is 0 Å².